The van der Waals surface area contributed by atoms with E-state index in [1.165, 1.54) is 0 Å². The van der Waals surface area contributed by atoms with E-state index in [-0.39, 0.29) is 38.5 Å². The van der Waals surface area contributed by atoms with Crippen molar-refractivity contribution in [2.24, 2.45) is 11.8 Å². The van der Waals surface area contributed by atoms with E-state index in [0.29, 0.717) is 10.1 Å². The molecule has 1 aliphatic carbocycles. The third-order valence-corrected chi connectivity index (χ3v) is 4.18. The minimum Gasteiger partial charge on any atom is -0.330 e. The van der Waals surface area contributed by atoms with Crippen molar-refractivity contribution in [2.75, 3.05) is 0 Å². The molecule has 0 aromatic rings. The molecule has 3 aliphatic rings. The van der Waals surface area contributed by atoms with Gasteiger partial charge in [-0.2, -0.15) is 0 Å². The van der Waals surface area contributed by atoms with Crippen LogP contribution in [0.1, 0.15) is 38.5 Å². The second-order valence-corrected chi connectivity index (χ2v) is 5.85. The van der Waals surface area contributed by atoms with Gasteiger partial charge in [-0.3, -0.25) is 19.2 Å². The van der Waals surface area contributed by atoms with Gasteiger partial charge in [0, 0.05) is 25.7 Å². The monoisotopic (exact) mass is 338 g/mol. The summed E-state index contributed by atoms with van der Waals surface area (Å²) in [6, 6.07) is 0. The summed E-state index contributed by atoms with van der Waals surface area (Å²) >= 11 is 0. The van der Waals surface area contributed by atoms with Crippen molar-refractivity contribution < 1.29 is 38.4 Å². The highest BCUT2D eigenvalue weighted by Crippen LogP contribution is 2.36. The normalized spacial score (nSPS) is 26.7. The van der Waals surface area contributed by atoms with Crippen LogP contribution in [0.5, 0.6) is 0 Å². The lowest BCUT2D eigenvalue weighted by molar-refractivity contribution is -0.210. The SMILES string of the molecule is O=C(ON1C(=O)CCC1=O)C1CC(C(=O)ON2C(=O)CCC2=O)C1. The maximum Gasteiger partial charge on any atom is 0.336 e. The Hall–Kier alpha value is -2.78. The van der Waals surface area contributed by atoms with Gasteiger partial charge >= 0.3 is 11.9 Å². The van der Waals surface area contributed by atoms with Gasteiger partial charge in [-0.25, -0.2) is 9.59 Å². The first-order valence-electron chi connectivity index (χ1n) is 7.52. The number of rotatable bonds is 4. The van der Waals surface area contributed by atoms with Crippen molar-refractivity contribution >= 4 is 35.6 Å². The van der Waals surface area contributed by atoms with Crippen LogP contribution >= 0.6 is 0 Å². The number of imide groups is 2. The molecule has 3 fully saturated rings. The molecule has 2 saturated heterocycles. The van der Waals surface area contributed by atoms with E-state index >= 15 is 0 Å². The summed E-state index contributed by atoms with van der Waals surface area (Å²) in [5, 5.41) is 0.908. The number of hydrogen-bond donors (Lipinski definition) is 0. The van der Waals surface area contributed by atoms with Crippen LogP contribution in [-0.2, 0) is 38.4 Å². The zero-order valence-corrected chi connectivity index (χ0v) is 12.6. The maximum absolute atomic E-state index is 11.9. The number of amides is 4. The standard InChI is InChI=1S/C14H14N2O8/c17-9-1-2-10(18)15(9)23-13(21)7-5-8(6-7)14(22)24-16-11(19)3-4-12(16)20/h7-8H,1-6H2. The minimum absolute atomic E-state index is 0.00359. The predicted molar refractivity (Wildman–Crippen MR) is 70.6 cm³/mol. The van der Waals surface area contributed by atoms with Gasteiger partial charge in [0.15, 0.2) is 0 Å². The zero-order valence-electron chi connectivity index (χ0n) is 12.6. The van der Waals surface area contributed by atoms with Crippen LogP contribution in [0.2, 0.25) is 0 Å². The highest BCUT2D eigenvalue weighted by atomic mass is 16.7. The first-order chi connectivity index (χ1) is 11.4. The molecule has 0 atom stereocenters. The van der Waals surface area contributed by atoms with Gasteiger partial charge in [-0.15, -0.1) is 10.1 Å². The van der Waals surface area contributed by atoms with Gasteiger partial charge in [-0.05, 0) is 12.8 Å². The summed E-state index contributed by atoms with van der Waals surface area (Å²) in [7, 11) is 0. The Kier molecular flexibility index (Phi) is 4.04. The minimum atomic E-state index is -0.768. The Morgan fingerprint density at radius 2 is 0.958 bits per heavy atom. The van der Waals surface area contributed by atoms with E-state index in [2.05, 4.69) is 0 Å². The van der Waals surface area contributed by atoms with E-state index in [1.807, 2.05) is 0 Å². The predicted octanol–water partition coefficient (Wildman–Crippen LogP) is -0.773. The Morgan fingerprint density at radius 3 is 1.25 bits per heavy atom. The molecule has 3 rings (SSSR count). The molecule has 2 heterocycles. The van der Waals surface area contributed by atoms with Gasteiger partial charge in [0.1, 0.15) is 0 Å². The number of hydroxylamine groups is 4. The van der Waals surface area contributed by atoms with Crippen molar-refractivity contribution in [3.63, 3.8) is 0 Å². The van der Waals surface area contributed by atoms with Crippen LogP contribution in [0.25, 0.3) is 0 Å². The zero-order chi connectivity index (χ0) is 17.4. The van der Waals surface area contributed by atoms with Gasteiger partial charge < -0.3 is 9.68 Å². The average Bonchev–Trinajstić information content (AvgIpc) is 2.96. The highest BCUT2D eigenvalue weighted by Gasteiger charge is 2.45. The van der Waals surface area contributed by atoms with Gasteiger partial charge in [-0.1, -0.05) is 0 Å². The molecule has 0 N–H and O–H groups in total. The average molecular weight is 338 g/mol. The fourth-order valence-electron chi connectivity index (χ4n) is 2.65. The van der Waals surface area contributed by atoms with Crippen molar-refractivity contribution in [3.05, 3.63) is 0 Å². The molecule has 128 valence electrons. The number of carbonyl (C=O) groups excluding carboxylic acids is 6. The quantitative estimate of drug-likeness (QED) is 0.611. The Morgan fingerprint density at radius 1 is 0.667 bits per heavy atom. The molecular formula is C14H14N2O8. The van der Waals surface area contributed by atoms with E-state index in [0.717, 1.165) is 0 Å². The smallest absolute Gasteiger partial charge is 0.330 e. The molecule has 0 spiro atoms. The number of carbonyl (C=O) groups is 6. The van der Waals surface area contributed by atoms with E-state index in [1.54, 1.807) is 0 Å². The Balaban J connectivity index is 1.46. The second kappa shape index (κ2) is 6.02. The van der Waals surface area contributed by atoms with Crippen LogP contribution in [0.15, 0.2) is 0 Å². The molecule has 4 amide bonds. The third-order valence-electron chi connectivity index (χ3n) is 4.18. The maximum atomic E-state index is 11.9. The van der Waals surface area contributed by atoms with Crippen molar-refractivity contribution in [2.45, 2.75) is 38.5 Å². The largest absolute Gasteiger partial charge is 0.336 e. The van der Waals surface area contributed by atoms with Crippen molar-refractivity contribution in [3.8, 4) is 0 Å². The van der Waals surface area contributed by atoms with Crippen LogP contribution in [-0.4, -0.2) is 45.7 Å². The molecule has 0 unspecified atom stereocenters. The first kappa shape index (κ1) is 16.1. The molecule has 1 saturated carbocycles. The summed E-state index contributed by atoms with van der Waals surface area (Å²) in [6.07, 6.45) is 0.217. The van der Waals surface area contributed by atoms with E-state index in [4.69, 9.17) is 9.68 Å². The molecule has 10 nitrogen and oxygen atoms in total. The van der Waals surface area contributed by atoms with Crippen LogP contribution in [0.4, 0.5) is 0 Å². The van der Waals surface area contributed by atoms with E-state index < -0.39 is 47.4 Å². The van der Waals surface area contributed by atoms with Crippen LogP contribution < -0.4 is 0 Å². The summed E-state index contributed by atoms with van der Waals surface area (Å²) in [6.45, 7) is 0. The molecule has 0 aromatic heterocycles. The molecule has 2 aliphatic heterocycles. The topological polar surface area (TPSA) is 127 Å². The van der Waals surface area contributed by atoms with Crippen LogP contribution in [0.3, 0.4) is 0 Å². The number of nitrogens with zero attached hydrogens (tertiary/aromatic N) is 2. The number of hydrogen-bond acceptors (Lipinski definition) is 8. The highest BCUT2D eigenvalue weighted by molar-refractivity contribution is 6.02. The Bertz CT molecular complexity index is 565. The van der Waals surface area contributed by atoms with Gasteiger partial charge in [0.2, 0.25) is 0 Å². The summed E-state index contributed by atoms with van der Waals surface area (Å²) in [5.41, 5.74) is 0. The molecule has 24 heavy (non-hydrogen) atoms. The molecule has 0 bridgehead atoms. The van der Waals surface area contributed by atoms with Gasteiger partial charge in [0.25, 0.3) is 23.6 Å². The first-order valence-corrected chi connectivity index (χ1v) is 7.52. The van der Waals surface area contributed by atoms with Gasteiger partial charge in [0.05, 0.1) is 11.8 Å². The fraction of sp³-hybridized carbons (Fsp3) is 0.571. The lowest BCUT2D eigenvalue weighted by atomic mass is 9.75. The lowest BCUT2D eigenvalue weighted by Crippen LogP contribution is -2.43. The summed E-state index contributed by atoms with van der Waals surface area (Å²) in [5.74, 6) is -5.12. The summed E-state index contributed by atoms with van der Waals surface area (Å²) < 4.78 is 0. The molecular weight excluding hydrogens is 324 g/mol. The third kappa shape index (κ3) is 2.86. The second-order valence-electron chi connectivity index (χ2n) is 5.85. The molecule has 0 aromatic carbocycles. The van der Waals surface area contributed by atoms with Crippen molar-refractivity contribution in [1.29, 1.82) is 0 Å². The lowest BCUT2D eigenvalue weighted by Gasteiger charge is -2.32. The fourth-order valence-corrected chi connectivity index (χ4v) is 2.65. The summed E-state index contributed by atoms with van der Waals surface area (Å²) in [4.78, 5) is 78.7. The van der Waals surface area contributed by atoms with Crippen LogP contribution in [0, 0.1) is 11.8 Å². The Labute approximate surface area is 135 Å². The van der Waals surface area contributed by atoms with Crippen molar-refractivity contribution in [1.82, 2.24) is 10.1 Å². The molecule has 10 heteroatoms. The molecule has 0 radical (unpaired) electrons. The van der Waals surface area contributed by atoms with E-state index in [9.17, 15) is 28.8 Å².